The molecule has 1 unspecified atom stereocenters. The normalized spacial score (nSPS) is 17.3. The molecule has 98 valence electrons. The fraction of sp³-hybridized carbons (Fsp3) is 0.200. The predicted molar refractivity (Wildman–Crippen MR) is 82.6 cm³/mol. The Morgan fingerprint density at radius 3 is 2.47 bits per heavy atom. The van der Waals surface area contributed by atoms with Crippen LogP contribution < -0.4 is 5.32 Å². The second kappa shape index (κ2) is 5.24. The highest BCUT2D eigenvalue weighted by Crippen LogP contribution is 2.37. The first kappa shape index (κ1) is 13.1. The standard InChI is InChI=1S/C15H12Cl3N/c16-10-2-4-12-9(7-10)1-5-14(12)19-15-6-3-11(17)8-13(15)18/h2-4,6-8,14,19H,1,5H2. The maximum Gasteiger partial charge on any atom is 0.0652 e. The summed E-state index contributed by atoms with van der Waals surface area (Å²) < 4.78 is 0. The molecule has 19 heavy (non-hydrogen) atoms. The lowest BCUT2D eigenvalue weighted by Gasteiger charge is -2.17. The third-order valence-electron chi connectivity index (χ3n) is 3.44. The quantitative estimate of drug-likeness (QED) is 0.745. The second-order valence-electron chi connectivity index (χ2n) is 4.70. The summed E-state index contributed by atoms with van der Waals surface area (Å²) in [6.07, 6.45) is 2.09. The van der Waals surface area contributed by atoms with Crippen LogP contribution in [0.4, 0.5) is 5.69 Å². The SMILES string of the molecule is Clc1ccc(NC2CCc3cc(Cl)ccc32)c(Cl)c1. The zero-order chi connectivity index (χ0) is 13.4. The summed E-state index contributed by atoms with van der Waals surface area (Å²) in [6.45, 7) is 0. The molecule has 0 fully saturated rings. The molecule has 0 saturated carbocycles. The molecule has 0 amide bonds. The molecule has 4 heteroatoms. The number of anilines is 1. The molecule has 1 aliphatic rings. The highest BCUT2D eigenvalue weighted by Gasteiger charge is 2.22. The molecular weight excluding hydrogens is 301 g/mol. The van der Waals surface area contributed by atoms with Crippen LogP contribution in [-0.4, -0.2) is 0 Å². The molecule has 3 rings (SSSR count). The van der Waals surface area contributed by atoms with Crippen LogP contribution in [-0.2, 0) is 6.42 Å². The van der Waals surface area contributed by atoms with Gasteiger partial charge in [0.2, 0.25) is 0 Å². The highest BCUT2D eigenvalue weighted by molar-refractivity contribution is 6.36. The Kier molecular flexibility index (Phi) is 3.62. The number of rotatable bonds is 2. The largest absolute Gasteiger partial charge is 0.377 e. The first-order chi connectivity index (χ1) is 9.13. The molecule has 1 N–H and O–H groups in total. The van der Waals surface area contributed by atoms with Crippen LogP contribution in [0.1, 0.15) is 23.6 Å². The third-order valence-corrected chi connectivity index (χ3v) is 4.23. The van der Waals surface area contributed by atoms with Gasteiger partial charge in [0.25, 0.3) is 0 Å². The van der Waals surface area contributed by atoms with Crippen LogP contribution in [0, 0.1) is 0 Å². The molecule has 0 saturated heterocycles. The van der Waals surface area contributed by atoms with Gasteiger partial charge >= 0.3 is 0 Å². The summed E-state index contributed by atoms with van der Waals surface area (Å²) in [7, 11) is 0. The molecule has 0 radical (unpaired) electrons. The number of fused-ring (bicyclic) bond motifs is 1. The van der Waals surface area contributed by atoms with Crippen molar-refractivity contribution in [2.75, 3.05) is 5.32 Å². The molecule has 0 heterocycles. The Morgan fingerprint density at radius 1 is 0.947 bits per heavy atom. The highest BCUT2D eigenvalue weighted by atomic mass is 35.5. The van der Waals surface area contributed by atoms with E-state index in [9.17, 15) is 0 Å². The maximum atomic E-state index is 6.19. The van der Waals surface area contributed by atoms with Crippen molar-refractivity contribution in [3.63, 3.8) is 0 Å². The van der Waals surface area contributed by atoms with Gasteiger partial charge in [0.1, 0.15) is 0 Å². The van der Waals surface area contributed by atoms with Crippen LogP contribution in [0.5, 0.6) is 0 Å². The Morgan fingerprint density at radius 2 is 1.68 bits per heavy atom. The summed E-state index contributed by atoms with van der Waals surface area (Å²) in [6, 6.07) is 11.9. The van der Waals surface area contributed by atoms with Crippen LogP contribution in [0.2, 0.25) is 15.1 Å². The van der Waals surface area contributed by atoms with Crippen molar-refractivity contribution in [1.29, 1.82) is 0 Å². The van der Waals surface area contributed by atoms with Gasteiger partial charge in [0, 0.05) is 10.0 Å². The van der Waals surface area contributed by atoms with Crippen LogP contribution in [0.15, 0.2) is 36.4 Å². The van der Waals surface area contributed by atoms with Crippen molar-refractivity contribution >= 4 is 40.5 Å². The molecule has 2 aromatic carbocycles. The van der Waals surface area contributed by atoms with E-state index in [4.69, 9.17) is 34.8 Å². The number of nitrogens with one attached hydrogen (secondary N) is 1. The van der Waals surface area contributed by atoms with Crippen molar-refractivity contribution in [3.8, 4) is 0 Å². The second-order valence-corrected chi connectivity index (χ2v) is 5.98. The van der Waals surface area contributed by atoms with Gasteiger partial charge < -0.3 is 5.32 Å². The third kappa shape index (κ3) is 2.69. The molecule has 0 aliphatic heterocycles. The molecule has 2 aromatic rings. The number of aryl methyl sites for hydroxylation is 1. The zero-order valence-corrected chi connectivity index (χ0v) is 12.4. The molecule has 1 atom stereocenters. The molecule has 0 aromatic heterocycles. The molecular formula is C15H12Cl3N. The van der Waals surface area contributed by atoms with Gasteiger partial charge in [-0.1, -0.05) is 40.9 Å². The van der Waals surface area contributed by atoms with E-state index in [1.807, 2.05) is 24.3 Å². The number of hydrogen-bond donors (Lipinski definition) is 1. The van der Waals surface area contributed by atoms with Crippen molar-refractivity contribution in [3.05, 3.63) is 62.6 Å². The van der Waals surface area contributed by atoms with Gasteiger partial charge in [-0.2, -0.15) is 0 Å². The minimum atomic E-state index is 0.283. The molecule has 0 spiro atoms. The maximum absolute atomic E-state index is 6.19. The summed E-state index contributed by atoms with van der Waals surface area (Å²) in [5.74, 6) is 0. The average molecular weight is 313 g/mol. The van der Waals surface area contributed by atoms with E-state index in [-0.39, 0.29) is 6.04 Å². The topological polar surface area (TPSA) is 12.0 Å². The Labute approximate surface area is 127 Å². The fourth-order valence-corrected chi connectivity index (χ4v) is 3.19. The van der Waals surface area contributed by atoms with E-state index >= 15 is 0 Å². The van der Waals surface area contributed by atoms with Gasteiger partial charge in [-0.05, 0) is 54.3 Å². The van der Waals surface area contributed by atoms with E-state index < -0.39 is 0 Å². The lowest BCUT2D eigenvalue weighted by molar-refractivity contribution is 0.762. The summed E-state index contributed by atoms with van der Waals surface area (Å²) in [5, 5.41) is 5.57. The van der Waals surface area contributed by atoms with E-state index in [2.05, 4.69) is 11.4 Å². The van der Waals surface area contributed by atoms with Gasteiger partial charge in [0.05, 0.1) is 16.8 Å². The number of halogens is 3. The van der Waals surface area contributed by atoms with Crippen molar-refractivity contribution in [1.82, 2.24) is 0 Å². The number of hydrogen-bond acceptors (Lipinski definition) is 1. The van der Waals surface area contributed by atoms with Crippen LogP contribution in [0.25, 0.3) is 0 Å². The molecule has 0 bridgehead atoms. The van der Waals surface area contributed by atoms with Crippen LogP contribution >= 0.6 is 34.8 Å². The smallest absolute Gasteiger partial charge is 0.0652 e. The van der Waals surface area contributed by atoms with E-state index in [1.165, 1.54) is 11.1 Å². The van der Waals surface area contributed by atoms with Crippen LogP contribution in [0.3, 0.4) is 0 Å². The zero-order valence-electron chi connectivity index (χ0n) is 10.1. The van der Waals surface area contributed by atoms with E-state index in [0.717, 1.165) is 23.6 Å². The van der Waals surface area contributed by atoms with Gasteiger partial charge in [0.15, 0.2) is 0 Å². The van der Waals surface area contributed by atoms with Crippen molar-refractivity contribution in [2.45, 2.75) is 18.9 Å². The first-order valence-corrected chi connectivity index (χ1v) is 7.27. The predicted octanol–water partition coefficient (Wildman–Crippen LogP) is 5.75. The Bertz CT molecular complexity index is 625. The number of benzene rings is 2. The Hall–Kier alpha value is -0.890. The minimum absolute atomic E-state index is 0.283. The van der Waals surface area contributed by atoms with E-state index in [1.54, 1.807) is 6.07 Å². The summed E-state index contributed by atoms with van der Waals surface area (Å²) in [4.78, 5) is 0. The summed E-state index contributed by atoms with van der Waals surface area (Å²) in [5.41, 5.74) is 3.53. The monoisotopic (exact) mass is 311 g/mol. The molecule has 1 aliphatic carbocycles. The van der Waals surface area contributed by atoms with Crippen molar-refractivity contribution in [2.24, 2.45) is 0 Å². The lowest BCUT2D eigenvalue weighted by atomic mass is 10.1. The fourth-order valence-electron chi connectivity index (χ4n) is 2.53. The van der Waals surface area contributed by atoms with Gasteiger partial charge in [-0.15, -0.1) is 0 Å². The van der Waals surface area contributed by atoms with Crippen molar-refractivity contribution < 1.29 is 0 Å². The summed E-state index contributed by atoms with van der Waals surface area (Å²) >= 11 is 18.1. The van der Waals surface area contributed by atoms with E-state index in [0.29, 0.717) is 10.0 Å². The Balaban J connectivity index is 1.86. The van der Waals surface area contributed by atoms with Gasteiger partial charge in [-0.25, -0.2) is 0 Å². The first-order valence-electron chi connectivity index (χ1n) is 6.13. The van der Waals surface area contributed by atoms with Gasteiger partial charge in [-0.3, -0.25) is 0 Å². The lowest BCUT2D eigenvalue weighted by Crippen LogP contribution is -2.07. The minimum Gasteiger partial charge on any atom is -0.377 e. The average Bonchev–Trinajstić information content (AvgIpc) is 2.75. The molecule has 1 nitrogen and oxygen atoms in total.